The van der Waals surface area contributed by atoms with Crippen LogP contribution in [0.1, 0.15) is 36.1 Å². The fraction of sp³-hybridized carbons (Fsp3) is 0.333. The third-order valence-corrected chi connectivity index (χ3v) is 7.17. The number of rotatable bonds is 11. The number of halogens is 1. The number of ether oxygens (including phenoxy) is 1. The van der Waals surface area contributed by atoms with Gasteiger partial charge in [0.1, 0.15) is 11.8 Å². The molecule has 2 amide bonds. The molecule has 0 unspecified atom stereocenters. The van der Waals surface area contributed by atoms with Gasteiger partial charge in [0.25, 0.3) is 5.91 Å². The average molecular weight is 552 g/mol. The molecule has 3 aromatic rings. The van der Waals surface area contributed by atoms with Crippen LogP contribution in [-0.2, 0) is 22.6 Å². The van der Waals surface area contributed by atoms with Crippen LogP contribution in [0.4, 0.5) is 0 Å². The lowest BCUT2D eigenvalue weighted by Gasteiger charge is -2.31. The van der Waals surface area contributed by atoms with Crippen molar-refractivity contribution in [2.24, 2.45) is 5.92 Å². The Hall–Kier alpha value is -3.12. The molecule has 6 heteroatoms. The number of benzene rings is 3. The molecule has 3 aromatic carbocycles. The van der Waals surface area contributed by atoms with Gasteiger partial charge in [-0.05, 0) is 54.2 Å². The van der Waals surface area contributed by atoms with E-state index in [1.807, 2.05) is 86.6 Å². The zero-order valence-corrected chi connectivity index (χ0v) is 23.0. The summed E-state index contributed by atoms with van der Waals surface area (Å²) in [7, 11) is 0. The molecule has 3 rings (SSSR count). The van der Waals surface area contributed by atoms with Gasteiger partial charge in [0.05, 0.1) is 0 Å². The number of hydrogen-bond donors (Lipinski definition) is 1. The summed E-state index contributed by atoms with van der Waals surface area (Å²) in [6, 6.07) is 22.7. The van der Waals surface area contributed by atoms with E-state index in [9.17, 15) is 9.59 Å². The second-order valence-corrected chi connectivity index (χ2v) is 10.3. The van der Waals surface area contributed by atoms with Crippen LogP contribution in [0, 0.1) is 19.8 Å². The molecular formula is C30H35BrN2O3. The van der Waals surface area contributed by atoms with Crippen LogP contribution >= 0.6 is 15.9 Å². The van der Waals surface area contributed by atoms with E-state index in [2.05, 4.69) is 35.1 Å². The van der Waals surface area contributed by atoms with Crippen LogP contribution in [0.15, 0.2) is 77.3 Å². The van der Waals surface area contributed by atoms with Crippen LogP contribution in [0.3, 0.4) is 0 Å². The zero-order chi connectivity index (χ0) is 26.1. The van der Waals surface area contributed by atoms with E-state index >= 15 is 0 Å². The molecular weight excluding hydrogens is 516 g/mol. The fourth-order valence-electron chi connectivity index (χ4n) is 3.97. The molecule has 190 valence electrons. The summed E-state index contributed by atoms with van der Waals surface area (Å²) in [5.41, 5.74) is 4.02. The van der Waals surface area contributed by atoms with Crippen LogP contribution in [0.2, 0.25) is 0 Å². The minimum atomic E-state index is -0.671. The highest BCUT2D eigenvalue weighted by Crippen LogP contribution is 2.26. The average Bonchev–Trinajstić information content (AvgIpc) is 2.87. The van der Waals surface area contributed by atoms with Gasteiger partial charge in [-0.3, -0.25) is 9.59 Å². The lowest BCUT2D eigenvalue weighted by Crippen LogP contribution is -2.52. The molecule has 1 atom stereocenters. The molecule has 0 heterocycles. The number of nitrogens with one attached hydrogen (secondary N) is 1. The second-order valence-electron chi connectivity index (χ2n) is 9.51. The molecule has 0 bridgehead atoms. The number of aryl methyl sites for hydroxylation is 2. The van der Waals surface area contributed by atoms with Gasteiger partial charge >= 0.3 is 0 Å². The Morgan fingerprint density at radius 1 is 0.917 bits per heavy atom. The van der Waals surface area contributed by atoms with Gasteiger partial charge in [-0.15, -0.1) is 0 Å². The first kappa shape index (κ1) is 27.5. The smallest absolute Gasteiger partial charge is 0.261 e. The molecule has 0 spiro atoms. The number of nitrogens with zero attached hydrogens (tertiary/aromatic N) is 1. The Labute approximate surface area is 223 Å². The highest BCUT2D eigenvalue weighted by Gasteiger charge is 2.30. The maximum absolute atomic E-state index is 13.6. The standard InChI is InChI=1S/C30H35BrN2O3/c1-21(2)18-32-30(35)27(17-24-11-7-5-8-12-24)33(19-25-13-9-6-10-14-25)28(34)20-36-26-15-22(3)29(31)23(4)16-26/h5-16,21,27H,17-20H2,1-4H3,(H,32,35)/t27-/m0/s1. The second kappa shape index (κ2) is 13.3. The molecule has 0 aliphatic rings. The first-order chi connectivity index (χ1) is 17.2. The van der Waals surface area contributed by atoms with E-state index in [1.54, 1.807) is 4.90 Å². The Balaban J connectivity index is 1.89. The van der Waals surface area contributed by atoms with Crippen LogP contribution in [0.25, 0.3) is 0 Å². The van der Waals surface area contributed by atoms with Gasteiger partial charge < -0.3 is 15.0 Å². The van der Waals surface area contributed by atoms with E-state index in [0.717, 1.165) is 26.7 Å². The van der Waals surface area contributed by atoms with Crippen molar-refractivity contribution in [2.45, 2.75) is 46.7 Å². The first-order valence-corrected chi connectivity index (χ1v) is 13.1. The monoisotopic (exact) mass is 550 g/mol. The number of carbonyl (C=O) groups is 2. The van der Waals surface area contributed by atoms with Crippen molar-refractivity contribution >= 4 is 27.7 Å². The van der Waals surface area contributed by atoms with Crippen molar-refractivity contribution in [3.8, 4) is 5.75 Å². The molecule has 5 nitrogen and oxygen atoms in total. The van der Waals surface area contributed by atoms with E-state index in [0.29, 0.717) is 31.2 Å². The largest absolute Gasteiger partial charge is 0.484 e. The quantitative estimate of drug-likeness (QED) is 0.325. The van der Waals surface area contributed by atoms with Crippen molar-refractivity contribution in [1.82, 2.24) is 10.2 Å². The summed E-state index contributed by atoms with van der Waals surface area (Å²) in [6.45, 7) is 8.78. The van der Waals surface area contributed by atoms with E-state index in [4.69, 9.17) is 4.74 Å². The highest BCUT2D eigenvalue weighted by molar-refractivity contribution is 9.10. The predicted molar refractivity (Wildman–Crippen MR) is 148 cm³/mol. The lowest BCUT2D eigenvalue weighted by atomic mass is 10.0. The van der Waals surface area contributed by atoms with Crippen LogP contribution in [0.5, 0.6) is 5.75 Å². The lowest BCUT2D eigenvalue weighted by molar-refractivity contribution is -0.142. The van der Waals surface area contributed by atoms with Gasteiger partial charge in [-0.25, -0.2) is 0 Å². The van der Waals surface area contributed by atoms with E-state index < -0.39 is 6.04 Å². The molecule has 0 aliphatic carbocycles. The molecule has 1 N–H and O–H groups in total. The van der Waals surface area contributed by atoms with E-state index in [-0.39, 0.29) is 18.4 Å². The van der Waals surface area contributed by atoms with Gasteiger partial charge in [0, 0.05) is 24.0 Å². The SMILES string of the molecule is Cc1cc(OCC(=O)N(Cc2ccccc2)[C@@H](Cc2ccccc2)C(=O)NCC(C)C)cc(C)c1Br. The van der Waals surface area contributed by atoms with Gasteiger partial charge in [0.15, 0.2) is 6.61 Å². The van der Waals surface area contributed by atoms with E-state index in [1.165, 1.54) is 0 Å². The normalized spacial score (nSPS) is 11.7. The number of carbonyl (C=O) groups excluding carboxylic acids is 2. The Bertz CT molecular complexity index is 1130. The Morgan fingerprint density at radius 2 is 1.47 bits per heavy atom. The molecule has 0 radical (unpaired) electrons. The van der Waals surface area contributed by atoms with Gasteiger partial charge in [-0.1, -0.05) is 90.4 Å². The molecule has 36 heavy (non-hydrogen) atoms. The third-order valence-electron chi connectivity index (χ3n) is 5.92. The van der Waals surface area contributed by atoms with Crippen molar-refractivity contribution < 1.29 is 14.3 Å². The van der Waals surface area contributed by atoms with Gasteiger partial charge in [-0.2, -0.15) is 0 Å². The summed E-state index contributed by atoms with van der Waals surface area (Å²) >= 11 is 3.57. The molecule has 0 aromatic heterocycles. The van der Waals surface area contributed by atoms with Crippen molar-refractivity contribution in [3.05, 3.63) is 99.5 Å². The molecule has 0 aliphatic heterocycles. The Morgan fingerprint density at radius 3 is 2.03 bits per heavy atom. The number of hydrogen-bond acceptors (Lipinski definition) is 3. The third kappa shape index (κ3) is 7.95. The molecule has 0 fully saturated rings. The minimum Gasteiger partial charge on any atom is -0.484 e. The summed E-state index contributed by atoms with van der Waals surface area (Å²) in [5.74, 6) is 0.534. The zero-order valence-electron chi connectivity index (χ0n) is 21.5. The first-order valence-electron chi connectivity index (χ1n) is 12.3. The number of amides is 2. The molecule has 0 saturated heterocycles. The summed E-state index contributed by atoms with van der Waals surface area (Å²) < 4.78 is 6.96. The predicted octanol–water partition coefficient (Wildman–Crippen LogP) is 5.86. The topological polar surface area (TPSA) is 58.6 Å². The van der Waals surface area contributed by atoms with Gasteiger partial charge in [0.2, 0.25) is 5.91 Å². The maximum atomic E-state index is 13.6. The maximum Gasteiger partial charge on any atom is 0.261 e. The highest BCUT2D eigenvalue weighted by atomic mass is 79.9. The fourth-order valence-corrected chi connectivity index (χ4v) is 4.20. The van der Waals surface area contributed by atoms with Crippen LogP contribution < -0.4 is 10.1 Å². The molecule has 0 saturated carbocycles. The van der Waals surface area contributed by atoms with Crippen LogP contribution in [-0.4, -0.2) is 35.9 Å². The minimum absolute atomic E-state index is 0.157. The van der Waals surface area contributed by atoms with Crippen molar-refractivity contribution in [3.63, 3.8) is 0 Å². The van der Waals surface area contributed by atoms with Crippen molar-refractivity contribution in [2.75, 3.05) is 13.2 Å². The van der Waals surface area contributed by atoms with Crippen molar-refractivity contribution in [1.29, 1.82) is 0 Å². The summed E-state index contributed by atoms with van der Waals surface area (Å²) in [4.78, 5) is 28.7. The summed E-state index contributed by atoms with van der Waals surface area (Å²) in [6.07, 6.45) is 0.417. The Kier molecular flexibility index (Phi) is 10.1. The summed E-state index contributed by atoms with van der Waals surface area (Å²) in [5, 5.41) is 3.04.